The highest BCUT2D eigenvalue weighted by atomic mass is 16.5. The van der Waals surface area contributed by atoms with Crippen LogP contribution < -0.4 is 10.1 Å². The van der Waals surface area contributed by atoms with Gasteiger partial charge in [-0.2, -0.15) is 0 Å². The van der Waals surface area contributed by atoms with Crippen molar-refractivity contribution >= 4 is 35.2 Å². The van der Waals surface area contributed by atoms with Gasteiger partial charge in [-0.15, -0.1) is 0 Å². The summed E-state index contributed by atoms with van der Waals surface area (Å²) >= 11 is 0. The van der Waals surface area contributed by atoms with Crippen molar-refractivity contribution in [2.75, 3.05) is 7.11 Å². The van der Waals surface area contributed by atoms with Gasteiger partial charge in [0.15, 0.2) is 0 Å². The SMILES string of the molecule is COc1ccccc1C1=C(c2ccccc2)C(=O)N/C1=C\c1ccc(/C=C/C(=O)O)o1. The maximum Gasteiger partial charge on any atom is 0.328 e. The van der Waals surface area contributed by atoms with Crippen molar-refractivity contribution in [1.29, 1.82) is 0 Å². The molecule has 0 saturated carbocycles. The Balaban J connectivity index is 1.86. The van der Waals surface area contributed by atoms with Crippen LogP contribution >= 0.6 is 0 Å². The number of furan rings is 1. The predicted octanol–water partition coefficient (Wildman–Crippen LogP) is 4.47. The van der Waals surface area contributed by atoms with Crippen LogP contribution in [0.15, 0.2) is 82.9 Å². The van der Waals surface area contributed by atoms with Crippen LogP contribution in [-0.4, -0.2) is 24.1 Å². The third kappa shape index (κ3) is 4.18. The van der Waals surface area contributed by atoms with Gasteiger partial charge < -0.3 is 19.6 Å². The minimum atomic E-state index is -1.06. The van der Waals surface area contributed by atoms with Gasteiger partial charge in [-0.25, -0.2) is 4.79 Å². The molecule has 2 aromatic carbocycles. The molecule has 0 radical (unpaired) electrons. The van der Waals surface area contributed by atoms with Gasteiger partial charge in [0.25, 0.3) is 5.91 Å². The van der Waals surface area contributed by atoms with E-state index in [-0.39, 0.29) is 5.91 Å². The van der Waals surface area contributed by atoms with Crippen LogP contribution in [0, 0.1) is 0 Å². The largest absolute Gasteiger partial charge is 0.496 e. The Hall–Kier alpha value is -4.32. The molecule has 31 heavy (non-hydrogen) atoms. The van der Waals surface area contributed by atoms with E-state index in [9.17, 15) is 9.59 Å². The summed E-state index contributed by atoms with van der Waals surface area (Å²) in [6.45, 7) is 0. The molecule has 1 aromatic heterocycles. The molecule has 0 atom stereocenters. The number of ether oxygens (including phenoxy) is 1. The van der Waals surface area contributed by atoms with Crippen molar-refractivity contribution in [1.82, 2.24) is 5.32 Å². The molecule has 3 aromatic rings. The van der Waals surface area contributed by atoms with Crippen LogP contribution in [0.4, 0.5) is 0 Å². The Morgan fingerprint density at radius 2 is 1.68 bits per heavy atom. The van der Waals surface area contributed by atoms with Gasteiger partial charge in [0.1, 0.15) is 17.3 Å². The van der Waals surface area contributed by atoms with E-state index in [2.05, 4.69) is 5.32 Å². The monoisotopic (exact) mass is 413 g/mol. The second kappa shape index (κ2) is 8.59. The number of methoxy groups -OCH3 is 1. The van der Waals surface area contributed by atoms with E-state index in [1.54, 1.807) is 25.3 Å². The summed E-state index contributed by atoms with van der Waals surface area (Å²) in [7, 11) is 1.59. The van der Waals surface area contributed by atoms with Crippen LogP contribution in [0.25, 0.3) is 23.3 Å². The number of carbonyl (C=O) groups is 2. The molecule has 0 saturated heterocycles. The third-order valence-corrected chi connectivity index (χ3v) is 4.76. The van der Waals surface area contributed by atoms with Gasteiger partial charge in [-0.1, -0.05) is 48.5 Å². The molecule has 0 unspecified atom stereocenters. The van der Waals surface area contributed by atoms with E-state index < -0.39 is 5.97 Å². The van der Waals surface area contributed by atoms with Crippen molar-refractivity contribution in [3.63, 3.8) is 0 Å². The van der Waals surface area contributed by atoms with Crippen LogP contribution in [0.2, 0.25) is 0 Å². The molecule has 0 spiro atoms. The first kappa shape index (κ1) is 20.0. The lowest BCUT2D eigenvalue weighted by Gasteiger charge is -2.12. The number of carboxylic acid groups (broad SMARTS) is 1. The molecule has 154 valence electrons. The Morgan fingerprint density at radius 1 is 0.968 bits per heavy atom. The molecular weight excluding hydrogens is 394 g/mol. The number of para-hydroxylation sites is 1. The van der Waals surface area contributed by atoms with Crippen LogP contribution in [0.1, 0.15) is 22.6 Å². The van der Waals surface area contributed by atoms with Crippen LogP contribution in [-0.2, 0) is 9.59 Å². The number of hydrogen-bond donors (Lipinski definition) is 2. The molecule has 0 aliphatic carbocycles. The smallest absolute Gasteiger partial charge is 0.328 e. The zero-order valence-electron chi connectivity index (χ0n) is 16.7. The molecule has 4 rings (SSSR count). The van der Waals surface area contributed by atoms with E-state index in [1.165, 1.54) is 6.08 Å². The van der Waals surface area contributed by atoms with Gasteiger partial charge in [0, 0.05) is 23.3 Å². The fourth-order valence-electron chi connectivity index (χ4n) is 3.45. The number of carboxylic acids is 1. The molecule has 2 heterocycles. The minimum Gasteiger partial charge on any atom is -0.496 e. The zero-order chi connectivity index (χ0) is 21.8. The third-order valence-electron chi connectivity index (χ3n) is 4.76. The summed E-state index contributed by atoms with van der Waals surface area (Å²) < 4.78 is 11.2. The van der Waals surface area contributed by atoms with Crippen molar-refractivity contribution in [3.05, 3.63) is 101 Å². The summed E-state index contributed by atoms with van der Waals surface area (Å²) in [5, 5.41) is 11.7. The minimum absolute atomic E-state index is 0.226. The van der Waals surface area contributed by atoms with E-state index in [0.29, 0.717) is 34.1 Å². The Kier molecular flexibility index (Phi) is 5.53. The Labute approximate surface area is 178 Å². The highest BCUT2D eigenvalue weighted by Gasteiger charge is 2.31. The molecule has 1 amide bonds. The lowest BCUT2D eigenvalue weighted by atomic mass is 9.94. The van der Waals surface area contributed by atoms with Crippen molar-refractivity contribution in [2.45, 2.75) is 0 Å². The molecule has 1 aliphatic rings. The fourth-order valence-corrected chi connectivity index (χ4v) is 3.45. The number of aliphatic carboxylic acids is 1. The molecule has 2 N–H and O–H groups in total. The summed E-state index contributed by atoms with van der Waals surface area (Å²) in [6.07, 6.45) is 4.08. The molecule has 0 bridgehead atoms. The second-order valence-electron chi connectivity index (χ2n) is 6.74. The number of allylic oxidation sites excluding steroid dienone is 1. The summed E-state index contributed by atoms with van der Waals surface area (Å²) in [4.78, 5) is 23.7. The maximum absolute atomic E-state index is 13.0. The molecule has 0 fully saturated rings. The summed E-state index contributed by atoms with van der Waals surface area (Å²) in [6, 6.07) is 20.3. The van der Waals surface area contributed by atoms with Gasteiger partial charge in [-0.05, 0) is 29.8 Å². The van der Waals surface area contributed by atoms with E-state index in [4.69, 9.17) is 14.3 Å². The highest BCUT2D eigenvalue weighted by molar-refractivity contribution is 6.34. The predicted molar refractivity (Wildman–Crippen MR) is 118 cm³/mol. The zero-order valence-corrected chi connectivity index (χ0v) is 16.7. The average Bonchev–Trinajstić information content (AvgIpc) is 3.36. The molecule has 6 heteroatoms. The van der Waals surface area contributed by atoms with Gasteiger partial charge >= 0.3 is 5.97 Å². The highest BCUT2D eigenvalue weighted by Crippen LogP contribution is 2.40. The summed E-state index contributed by atoms with van der Waals surface area (Å²) in [5.41, 5.74) is 3.36. The first-order valence-electron chi connectivity index (χ1n) is 9.54. The molecule has 6 nitrogen and oxygen atoms in total. The first-order valence-corrected chi connectivity index (χ1v) is 9.54. The van der Waals surface area contributed by atoms with Crippen LogP contribution in [0.5, 0.6) is 5.75 Å². The maximum atomic E-state index is 13.0. The number of carbonyl (C=O) groups excluding carboxylic acids is 1. The Bertz CT molecular complexity index is 1230. The number of nitrogens with one attached hydrogen (secondary N) is 1. The van der Waals surface area contributed by atoms with Gasteiger partial charge in [0.2, 0.25) is 0 Å². The van der Waals surface area contributed by atoms with Gasteiger partial charge in [-0.3, -0.25) is 4.79 Å². The fraction of sp³-hybridized carbons (Fsp3) is 0.0400. The first-order chi connectivity index (χ1) is 15.1. The lowest BCUT2D eigenvalue weighted by Crippen LogP contribution is -2.15. The Morgan fingerprint density at radius 3 is 2.42 bits per heavy atom. The van der Waals surface area contributed by atoms with Crippen LogP contribution in [0.3, 0.4) is 0 Å². The molecular formula is C25H19NO5. The van der Waals surface area contributed by atoms with Gasteiger partial charge in [0.05, 0.1) is 18.4 Å². The summed E-state index contributed by atoms with van der Waals surface area (Å²) in [5.74, 6) is 0.216. The quantitative estimate of drug-likeness (QED) is 0.582. The number of amides is 1. The van der Waals surface area contributed by atoms with Crippen molar-refractivity contribution in [2.24, 2.45) is 0 Å². The normalized spacial score (nSPS) is 15.0. The van der Waals surface area contributed by atoms with E-state index in [0.717, 1.165) is 17.2 Å². The average molecular weight is 413 g/mol. The molecule has 1 aliphatic heterocycles. The second-order valence-corrected chi connectivity index (χ2v) is 6.74. The standard InChI is InChI=1S/C25H19NO5/c1-30-21-10-6-5-9-19(21)24-20(15-18-12-11-17(31-18)13-14-22(27)28)26-25(29)23(24)16-7-3-2-4-8-16/h2-15H,1H3,(H,26,29)(H,27,28)/b14-13+,20-15-. The number of rotatable bonds is 6. The van der Waals surface area contributed by atoms with Crippen molar-refractivity contribution in [3.8, 4) is 5.75 Å². The number of benzene rings is 2. The van der Waals surface area contributed by atoms with E-state index in [1.807, 2.05) is 54.6 Å². The van der Waals surface area contributed by atoms with Crippen molar-refractivity contribution < 1.29 is 23.8 Å². The topological polar surface area (TPSA) is 88.8 Å². The number of hydrogen-bond acceptors (Lipinski definition) is 4. The van der Waals surface area contributed by atoms with E-state index >= 15 is 0 Å². The lowest BCUT2D eigenvalue weighted by molar-refractivity contribution is -0.131.